The van der Waals surface area contributed by atoms with E-state index in [1.165, 1.54) is 6.42 Å². The van der Waals surface area contributed by atoms with Crippen molar-refractivity contribution in [2.45, 2.75) is 44.7 Å². The largest absolute Gasteiger partial charge is 0.379 e. The Morgan fingerprint density at radius 3 is 2.75 bits per heavy atom. The van der Waals surface area contributed by atoms with E-state index in [4.69, 9.17) is 4.74 Å². The molecule has 16 heavy (non-hydrogen) atoms. The standard InChI is InChI=1S/C12H22N2O2/c1-3-13-10-8-16-7-9(10)11(15)14-12(2)5-4-6-12/h9-10,13H,3-8H2,1-2H3,(H,14,15). The molecule has 92 valence electrons. The molecule has 2 rings (SSSR count). The quantitative estimate of drug-likeness (QED) is 0.741. The first kappa shape index (κ1) is 11.9. The topological polar surface area (TPSA) is 50.4 Å². The van der Waals surface area contributed by atoms with Crippen molar-refractivity contribution in [3.05, 3.63) is 0 Å². The number of carbonyl (C=O) groups excluding carboxylic acids is 1. The maximum atomic E-state index is 12.1. The van der Waals surface area contributed by atoms with Gasteiger partial charge in [0.2, 0.25) is 5.91 Å². The molecule has 1 amide bonds. The Morgan fingerprint density at radius 2 is 2.19 bits per heavy atom. The highest BCUT2D eigenvalue weighted by atomic mass is 16.5. The van der Waals surface area contributed by atoms with Crippen LogP contribution in [0.4, 0.5) is 0 Å². The van der Waals surface area contributed by atoms with Crippen molar-refractivity contribution in [2.24, 2.45) is 5.92 Å². The van der Waals surface area contributed by atoms with Crippen molar-refractivity contribution < 1.29 is 9.53 Å². The van der Waals surface area contributed by atoms with Crippen LogP contribution in [0.25, 0.3) is 0 Å². The zero-order chi connectivity index (χ0) is 11.6. The number of nitrogens with one attached hydrogen (secondary N) is 2. The second-order valence-corrected chi connectivity index (χ2v) is 5.21. The summed E-state index contributed by atoms with van der Waals surface area (Å²) in [5, 5.41) is 6.48. The monoisotopic (exact) mass is 226 g/mol. The molecule has 0 bridgehead atoms. The van der Waals surface area contributed by atoms with Crippen LogP contribution in [0.5, 0.6) is 0 Å². The van der Waals surface area contributed by atoms with Crippen LogP contribution < -0.4 is 10.6 Å². The molecule has 2 unspecified atom stereocenters. The van der Waals surface area contributed by atoms with Gasteiger partial charge in [0.05, 0.1) is 19.1 Å². The summed E-state index contributed by atoms with van der Waals surface area (Å²) < 4.78 is 5.39. The molecule has 4 nitrogen and oxygen atoms in total. The zero-order valence-corrected chi connectivity index (χ0v) is 10.2. The Morgan fingerprint density at radius 1 is 1.44 bits per heavy atom. The summed E-state index contributed by atoms with van der Waals surface area (Å²) in [4.78, 5) is 12.1. The van der Waals surface area contributed by atoms with Crippen molar-refractivity contribution in [1.82, 2.24) is 10.6 Å². The molecule has 0 radical (unpaired) electrons. The third kappa shape index (κ3) is 2.38. The van der Waals surface area contributed by atoms with Gasteiger partial charge in [0.1, 0.15) is 0 Å². The van der Waals surface area contributed by atoms with Crippen LogP contribution in [-0.2, 0) is 9.53 Å². The fraction of sp³-hybridized carbons (Fsp3) is 0.917. The van der Waals surface area contributed by atoms with Gasteiger partial charge < -0.3 is 15.4 Å². The molecule has 2 atom stereocenters. The highest BCUT2D eigenvalue weighted by Crippen LogP contribution is 2.31. The van der Waals surface area contributed by atoms with E-state index in [2.05, 4.69) is 24.5 Å². The smallest absolute Gasteiger partial charge is 0.227 e. The first-order valence-electron chi connectivity index (χ1n) is 6.28. The summed E-state index contributed by atoms with van der Waals surface area (Å²) in [6, 6.07) is 0.189. The Hall–Kier alpha value is -0.610. The van der Waals surface area contributed by atoms with Crippen LogP contribution in [-0.4, -0.2) is 37.2 Å². The molecule has 0 aromatic rings. The highest BCUT2D eigenvalue weighted by molar-refractivity contribution is 5.80. The minimum absolute atomic E-state index is 0.0163. The van der Waals surface area contributed by atoms with Gasteiger partial charge in [-0.15, -0.1) is 0 Å². The Bertz CT molecular complexity index is 264. The van der Waals surface area contributed by atoms with Crippen LogP contribution in [0.15, 0.2) is 0 Å². The predicted molar refractivity (Wildman–Crippen MR) is 62.2 cm³/mol. The zero-order valence-electron chi connectivity index (χ0n) is 10.2. The van der Waals surface area contributed by atoms with E-state index >= 15 is 0 Å². The molecule has 2 N–H and O–H groups in total. The van der Waals surface area contributed by atoms with E-state index in [1.54, 1.807) is 0 Å². The van der Waals surface area contributed by atoms with Crippen LogP contribution in [0.1, 0.15) is 33.1 Å². The van der Waals surface area contributed by atoms with Crippen molar-refractivity contribution >= 4 is 5.91 Å². The molecular weight excluding hydrogens is 204 g/mol. The van der Waals surface area contributed by atoms with Gasteiger partial charge in [-0.2, -0.15) is 0 Å². The first-order chi connectivity index (χ1) is 7.64. The lowest BCUT2D eigenvalue weighted by Gasteiger charge is -2.40. The minimum Gasteiger partial charge on any atom is -0.379 e. The second kappa shape index (κ2) is 4.72. The average Bonchev–Trinajstić information content (AvgIpc) is 2.64. The first-order valence-corrected chi connectivity index (χ1v) is 6.28. The minimum atomic E-state index is -0.0163. The van der Waals surface area contributed by atoms with Gasteiger partial charge >= 0.3 is 0 Å². The van der Waals surface area contributed by atoms with E-state index in [1.807, 2.05) is 0 Å². The summed E-state index contributed by atoms with van der Waals surface area (Å²) in [5.41, 5.74) is 0.0520. The molecule has 2 fully saturated rings. The molecule has 2 aliphatic rings. The Balaban J connectivity index is 1.88. The van der Waals surface area contributed by atoms with Crippen LogP contribution in [0.2, 0.25) is 0 Å². The fourth-order valence-corrected chi connectivity index (χ4v) is 2.50. The maximum Gasteiger partial charge on any atom is 0.227 e. The SMILES string of the molecule is CCNC1COCC1C(=O)NC1(C)CCC1. The van der Waals surface area contributed by atoms with Gasteiger partial charge in [-0.1, -0.05) is 6.92 Å². The lowest BCUT2D eigenvalue weighted by atomic mass is 9.78. The molecule has 1 saturated heterocycles. The van der Waals surface area contributed by atoms with Crippen molar-refractivity contribution in [1.29, 1.82) is 0 Å². The van der Waals surface area contributed by atoms with Gasteiger partial charge in [-0.25, -0.2) is 0 Å². The van der Waals surface area contributed by atoms with Crippen LogP contribution in [0, 0.1) is 5.92 Å². The lowest BCUT2D eigenvalue weighted by molar-refractivity contribution is -0.128. The normalized spacial score (nSPS) is 32.1. The molecule has 1 saturated carbocycles. The number of hydrogen-bond donors (Lipinski definition) is 2. The Kier molecular flexibility index (Phi) is 3.50. The number of amides is 1. The third-order valence-corrected chi connectivity index (χ3v) is 3.77. The number of ether oxygens (including phenoxy) is 1. The van der Waals surface area contributed by atoms with Gasteiger partial charge in [0.15, 0.2) is 0 Å². The summed E-state index contributed by atoms with van der Waals surface area (Å²) >= 11 is 0. The summed E-state index contributed by atoms with van der Waals surface area (Å²) in [6.07, 6.45) is 3.45. The third-order valence-electron chi connectivity index (χ3n) is 3.77. The average molecular weight is 226 g/mol. The van der Waals surface area contributed by atoms with Crippen molar-refractivity contribution in [3.8, 4) is 0 Å². The summed E-state index contributed by atoms with van der Waals surface area (Å²) in [7, 11) is 0. The summed E-state index contributed by atoms with van der Waals surface area (Å²) in [6.45, 7) is 6.28. The predicted octanol–water partition coefficient (Wildman–Crippen LogP) is 0.670. The van der Waals surface area contributed by atoms with Crippen LogP contribution >= 0.6 is 0 Å². The van der Waals surface area contributed by atoms with Gasteiger partial charge in [0, 0.05) is 11.6 Å². The molecule has 0 spiro atoms. The molecule has 1 aliphatic carbocycles. The maximum absolute atomic E-state index is 12.1. The fourth-order valence-electron chi connectivity index (χ4n) is 2.50. The number of carbonyl (C=O) groups is 1. The molecule has 4 heteroatoms. The Labute approximate surface area is 97.1 Å². The number of rotatable bonds is 4. The van der Waals surface area contributed by atoms with Crippen molar-refractivity contribution in [3.63, 3.8) is 0 Å². The van der Waals surface area contributed by atoms with E-state index in [-0.39, 0.29) is 23.4 Å². The second-order valence-electron chi connectivity index (χ2n) is 5.21. The number of likely N-dealkylation sites (N-methyl/N-ethyl adjacent to an activating group) is 1. The molecule has 0 aromatic carbocycles. The van der Waals surface area contributed by atoms with E-state index in [0.29, 0.717) is 13.2 Å². The molecule has 1 aliphatic heterocycles. The van der Waals surface area contributed by atoms with Gasteiger partial charge in [-0.05, 0) is 32.7 Å². The molecule has 1 heterocycles. The molecule has 0 aromatic heterocycles. The van der Waals surface area contributed by atoms with Gasteiger partial charge in [0.25, 0.3) is 0 Å². The summed E-state index contributed by atoms with van der Waals surface area (Å²) in [5.74, 6) is 0.142. The van der Waals surface area contributed by atoms with Gasteiger partial charge in [-0.3, -0.25) is 4.79 Å². The number of hydrogen-bond acceptors (Lipinski definition) is 3. The lowest BCUT2D eigenvalue weighted by Crippen LogP contribution is -2.55. The highest BCUT2D eigenvalue weighted by Gasteiger charge is 2.39. The van der Waals surface area contributed by atoms with E-state index in [9.17, 15) is 4.79 Å². The van der Waals surface area contributed by atoms with Crippen LogP contribution in [0.3, 0.4) is 0 Å². The van der Waals surface area contributed by atoms with E-state index in [0.717, 1.165) is 19.4 Å². The van der Waals surface area contributed by atoms with Crippen molar-refractivity contribution in [2.75, 3.05) is 19.8 Å². The molecular formula is C12H22N2O2. The van der Waals surface area contributed by atoms with E-state index < -0.39 is 0 Å².